The molecule has 4 rings (SSSR count). The molecule has 0 saturated carbocycles. The number of aryl methyl sites for hydroxylation is 1. The number of aromatic nitrogens is 1. The van der Waals surface area contributed by atoms with E-state index >= 15 is 0 Å². The Morgan fingerprint density at radius 2 is 1.90 bits per heavy atom. The van der Waals surface area contributed by atoms with Gasteiger partial charge in [0.05, 0.1) is 4.90 Å². The fraction of sp³-hybridized carbons (Fsp3) is 0.364. The number of halogens is 1. The van der Waals surface area contributed by atoms with Gasteiger partial charge in [-0.25, -0.2) is 12.8 Å². The molecule has 2 N–H and O–H groups in total. The van der Waals surface area contributed by atoms with Crippen LogP contribution in [-0.4, -0.2) is 25.1 Å². The molecule has 1 unspecified atom stereocenters. The SMILES string of the molecule is Cn1cc(C2CCNC(C)(C)C2)c2cc(NS(=O)(=O)c3ccc(F)cc3)ccc21. The summed E-state index contributed by atoms with van der Waals surface area (Å²) in [5.74, 6) is -0.0527. The van der Waals surface area contributed by atoms with E-state index in [0.29, 0.717) is 11.6 Å². The number of benzene rings is 2. The third-order valence-electron chi connectivity index (χ3n) is 5.69. The van der Waals surface area contributed by atoms with E-state index in [-0.39, 0.29) is 10.4 Å². The van der Waals surface area contributed by atoms with E-state index in [2.05, 4.69) is 34.7 Å². The van der Waals surface area contributed by atoms with Gasteiger partial charge in [-0.3, -0.25) is 4.72 Å². The quantitative estimate of drug-likeness (QED) is 0.665. The second-order valence-corrected chi connectivity index (χ2v) is 10.2. The first-order chi connectivity index (χ1) is 13.6. The van der Waals surface area contributed by atoms with Gasteiger partial charge in [-0.1, -0.05) is 0 Å². The van der Waals surface area contributed by atoms with Crippen LogP contribution in [0.25, 0.3) is 10.9 Å². The fourth-order valence-electron chi connectivity index (χ4n) is 4.28. The Bertz CT molecular complexity index is 1150. The van der Waals surface area contributed by atoms with E-state index < -0.39 is 15.8 Å². The van der Waals surface area contributed by atoms with Gasteiger partial charge in [0.25, 0.3) is 10.0 Å². The number of anilines is 1. The Kier molecular flexibility index (Phi) is 4.91. The number of rotatable bonds is 4. The molecule has 1 aromatic heterocycles. The molecule has 1 saturated heterocycles. The minimum atomic E-state index is -3.78. The Balaban J connectivity index is 1.69. The van der Waals surface area contributed by atoms with Crippen molar-refractivity contribution in [2.24, 2.45) is 7.05 Å². The van der Waals surface area contributed by atoms with Gasteiger partial charge in [0.1, 0.15) is 5.82 Å². The predicted octanol–water partition coefficient (Wildman–Crippen LogP) is 4.36. The molecule has 1 atom stereocenters. The number of hydrogen-bond acceptors (Lipinski definition) is 3. The number of hydrogen-bond donors (Lipinski definition) is 2. The van der Waals surface area contributed by atoms with Crippen molar-refractivity contribution in [1.82, 2.24) is 9.88 Å². The fourth-order valence-corrected chi connectivity index (χ4v) is 5.33. The number of piperidine rings is 1. The van der Waals surface area contributed by atoms with Crippen LogP contribution in [0.15, 0.2) is 53.6 Å². The molecule has 5 nitrogen and oxygen atoms in total. The highest BCUT2D eigenvalue weighted by atomic mass is 32.2. The predicted molar refractivity (Wildman–Crippen MR) is 114 cm³/mol. The van der Waals surface area contributed by atoms with Gasteiger partial charge >= 0.3 is 0 Å². The van der Waals surface area contributed by atoms with Crippen LogP contribution < -0.4 is 10.0 Å². The standard InChI is InChI=1S/C22H26FN3O2S/c1-22(2)13-15(10-11-24-22)20-14-26(3)21-9-6-17(12-19(20)21)25-29(27,28)18-7-4-16(23)5-8-18/h4-9,12,14-15,24-25H,10-11,13H2,1-3H3. The minimum absolute atomic E-state index is 0.0346. The second-order valence-electron chi connectivity index (χ2n) is 8.49. The average molecular weight is 416 g/mol. The van der Waals surface area contributed by atoms with E-state index in [4.69, 9.17) is 0 Å². The molecule has 0 radical (unpaired) electrons. The highest BCUT2D eigenvalue weighted by Gasteiger charge is 2.30. The van der Waals surface area contributed by atoms with Crippen LogP contribution in [0, 0.1) is 5.82 Å². The molecule has 2 aromatic carbocycles. The third kappa shape index (κ3) is 4.02. The van der Waals surface area contributed by atoms with Crippen LogP contribution >= 0.6 is 0 Å². The summed E-state index contributed by atoms with van der Waals surface area (Å²) in [5, 5.41) is 4.62. The maximum atomic E-state index is 13.1. The zero-order valence-corrected chi connectivity index (χ0v) is 17.7. The van der Waals surface area contributed by atoms with Gasteiger partial charge in [-0.15, -0.1) is 0 Å². The Hall–Kier alpha value is -2.38. The van der Waals surface area contributed by atoms with E-state index in [1.165, 1.54) is 17.7 Å². The summed E-state index contributed by atoms with van der Waals surface area (Å²) in [6, 6.07) is 10.4. The Morgan fingerprint density at radius 3 is 2.59 bits per heavy atom. The molecule has 7 heteroatoms. The first-order valence-corrected chi connectivity index (χ1v) is 11.3. The van der Waals surface area contributed by atoms with Crippen molar-refractivity contribution in [2.45, 2.75) is 43.0 Å². The maximum Gasteiger partial charge on any atom is 0.261 e. The monoisotopic (exact) mass is 415 g/mol. The van der Waals surface area contributed by atoms with Gasteiger partial charge < -0.3 is 9.88 Å². The molecule has 2 heterocycles. The zero-order chi connectivity index (χ0) is 20.8. The lowest BCUT2D eigenvalue weighted by Crippen LogP contribution is -2.45. The van der Waals surface area contributed by atoms with Crippen molar-refractivity contribution < 1.29 is 12.8 Å². The molecule has 0 bridgehead atoms. The Labute approximate surface area is 171 Å². The van der Waals surface area contributed by atoms with Crippen molar-refractivity contribution in [2.75, 3.05) is 11.3 Å². The molecule has 1 aliphatic heterocycles. The third-order valence-corrected chi connectivity index (χ3v) is 7.09. The molecule has 3 aromatic rings. The van der Waals surface area contributed by atoms with Gasteiger partial charge in [0.15, 0.2) is 0 Å². The molecule has 29 heavy (non-hydrogen) atoms. The van der Waals surface area contributed by atoms with Crippen LogP contribution in [-0.2, 0) is 17.1 Å². The summed E-state index contributed by atoms with van der Waals surface area (Å²) in [6.07, 6.45) is 4.24. The van der Waals surface area contributed by atoms with Gasteiger partial charge in [0.2, 0.25) is 0 Å². The minimum Gasteiger partial charge on any atom is -0.350 e. The number of fused-ring (bicyclic) bond motifs is 1. The normalized spacial score (nSPS) is 19.4. The van der Waals surface area contributed by atoms with Crippen LogP contribution in [0.4, 0.5) is 10.1 Å². The Morgan fingerprint density at radius 1 is 1.17 bits per heavy atom. The second kappa shape index (κ2) is 7.15. The van der Waals surface area contributed by atoms with Crippen LogP contribution in [0.1, 0.15) is 38.2 Å². The first kappa shape index (κ1) is 19.9. The van der Waals surface area contributed by atoms with Crippen molar-refractivity contribution >= 4 is 26.6 Å². The summed E-state index contributed by atoms with van der Waals surface area (Å²) in [5.41, 5.74) is 2.90. The molecule has 1 fully saturated rings. The molecule has 0 spiro atoms. The highest BCUT2D eigenvalue weighted by molar-refractivity contribution is 7.92. The van der Waals surface area contributed by atoms with Crippen LogP contribution in [0.3, 0.4) is 0 Å². The van der Waals surface area contributed by atoms with Crippen LogP contribution in [0.2, 0.25) is 0 Å². The summed E-state index contributed by atoms with van der Waals surface area (Å²) < 4.78 is 43.2. The highest BCUT2D eigenvalue weighted by Crippen LogP contribution is 2.38. The van der Waals surface area contributed by atoms with Gasteiger partial charge in [0, 0.05) is 35.4 Å². The lowest BCUT2D eigenvalue weighted by Gasteiger charge is -2.36. The van der Waals surface area contributed by atoms with Crippen molar-refractivity contribution in [3.05, 3.63) is 60.0 Å². The van der Waals surface area contributed by atoms with E-state index in [9.17, 15) is 12.8 Å². The molecular weight excluding hydrogens is 389 g/mol. The van der Waals surface area contributed by atoms with Crippen LogP contribution in [0.5, 0.6) is 0 Å². The molecule has 0 aliphatic carbocycles. The lowest BCUT2D eigenvalue weighted by molar-refractivity contribution is 0.276. The first-order valence-electron chi connectivity index (χ1n) is 9.77. The summed E-state index contributed by atoms with van der Waals surface area (Å²) in [7, 11) is -1.77. The topological polar surface area (TPSA) is 63.1 Å². The smallest absolute Gasteiger partial charge is 0.261 e. The number of sulfonamides is 1. The summed E-state index contributed by atoms with van der Waals surface area (Å²) in [4.78, 5) is 0.0346. The van der Waals surface area contributed by atoms with Gasteiger partial charge in [-0.05, 0) is 87.2 Å². The van der Waals surface area contributed by atoms with E-state index in [1.807, 2.05) is 19.2 Å². The van der Waals surface area contributed by atoms with E-state index in [0.717, 1.165) is 42.4 Å². The molecule has 1 aliphatic rings. The molecule has 0 amide bonds. The van der Waals surface area contributed by atoms with Crippen molar-refractivity contribution in [3.8, 4) is 0 Å². The summed E-state index contributed by atoms with van der Waals surface area (Å²) >= 11 is 0. The molecular formula is C22H26FN3O2S. The average Bonchev–Trinajstić information content (AvgIpc) is 2.97. The van der Waals surface area contributed by atoms with Crippen molar-refractivity contribution in [1.29, 1.82) is 0 Å². The van der Waals surface area contributed by atoms with Gasteiger partial charge in [-0.2, -0.15) is 0 Å². The summed E-state index contributed by atoms with van der Waals surface area (Å²) in [6.45, 7) is 5.39. The number of nitrogens with one attached hydrogen (secondary N) is 2. The lowest BCUT2D eigenvalue weighted by atomic mass is 9.80. The molecule has 154 valence electrons. The number of nitrogens with zero attached hydrogens (tertiary/aromatic N) is 1. The largest absolute Gasteiger partial charge is 0.350 e. The van der Waals surface area contributed by atoms with Crippen molar-refractivity contribution in [3.63, 3.8) is 0 Å². The van der Waals surface area contributed by atoms with E-state index in [1.54, 1.807) is 6.07 Å². The zero-order valence-electron chi connectivity index (χ0n) is 16.9. The maximum absolute atomic E-state index is 13.1.